The second kappa shape index (κ2) is 4.58. The van der Waals surface area contributed by atoms with Crippen LogP contribution in [-0.2, 0) is 4.79 Å². The van der Waals surface area contributed by atoms with Gasteiger partial charge in [-0.15, -0.1) is 0 Å². The Hall–Kier alpha value is -0.930. The normalized spacial score (nSPS) is 55.0. The van der Waals surface area contributed by atoms with Crippen molar-refractivity contribution in [3.63, 3.8) is 0 Å². The minimum atomic E-state index is -0.770. The van der Waals surface area contributed by atoms with Gasteiger partial charge in [-0.05, 0) is 62.0 Å². The van der Waals surface area contributed by atoms with Crippen molar-refractivity contribution in [1.82, 2.24) is 0 Å². The van der Waals surface area contributed by atoms with E-state index in [4.69, 9.17) is 0 Å². The van der Waals surface area contributed by atoms with E-state index in [0.717, 1.165) is 19.3 Å². The Bertz CT molecular complexity index is 620. The van der Waals surface area contributed by atoms with Crippen LogP contribution in [0.15, 0.2) is 23.8 Å². The first-order valence-electron chi connectivity index (χ1n) is 9.08. The minimum absolute atomic E-state index is 0.0958. The molecule has 0 spiro atoms. The lowest BCUT2D eigenvalue weighted by Crippen LogP contribution is -2.62. The molecule has 4 rings (SSSR count). The molecule has 126 valence electrons. The monoisotopic (exact) mass is 316 g/mol. The zero-order valence-electron chi connectivity index (χ0n) is 14.4. The Morgan fingerprint density at radius 1 is 1.17 bits per heavy atom. The topological polar surface area (TPSA) is 57.5 Å². The summed E-state index contributed by atoms with van der Waals surface area (Å²) in [5.74, 6) is 0.962. The van der Waals surface area contributed by atoms with Crippen molar-refractivity contribution in [1.29, 1.82) is 0 Å². The second-order valence-corrected chi connectivity index (χ2v) is 8.90. The lowest BCUT2D eigenvalue weighted by molar-refractivity contribution is -0.191. The SMILES string of the molecule is C[C@@H]1C[C@@H]2[C@H](CC[C@]3(C)C(O)CC[C@@]23O)[C@@]2(C)C=CC(=O)C=C12. The molecule has 1 unspecified atom stereocenters. The van der Waals surface area contributed by atoms with E-state index in [9.17, 15) is 15.0 Å². The van der Waals surface area contributed by atoms with Crippen molar-refractivity contribution in [2.75, 3.05) is 0 Å². The van der Waals surface area contributed by atoms with Gasteiger partial charge in [-0.1, -0.05) is 32.4 Å². The lowest BCUT2D eigenvalue weighted by Gasteiger charge is -2.61. The van der Waals surface area contributed by atoms with Crippen molar-refractivity contribution in [2.45, 2.75) is 64.6 Å². The van der Waals surface area contributed by atoms with Gasteiger partial charge in [-0.3, -0.25) is 4.79 Å². The number of aliphatic hydroxyl groups is 2. The highest BCUT2D eigenvalue weighted by Gasteiger charge is 2.66. The van der Waals surface area contributed by atoms with E-state index in [1.807, 2.05) is 6.08 Å². The van der Waals surface area contributed by atoms with Gasteiger partial charge < -0.3 is 10.2 Å². The van der Waals surface area contributed by atoms with Crippen molar-refractivity contribution < 1.29 is 15.0 Å². The van der Waals surface area contributed by atoms with E-state index in [2.05, 4.69) is 26.8 Å². The van der Waals surface area contributed by atoms with E-state index >= 15 is 0 Å². The summed E-state index contributed by atoms with van der Waals surface area (Å²) < 4.78 is 0. The number of rotatable bonds is 0. The molecule has 23 heavy (non-hydrogen) atoms. The first kappa shape index (κ1) is 15.6. The maximum absolute atomic E-state index is 11.9. The third-order valence-corrected chi connectivity index (χ3v) is 8.02. The molecule has 0 aromatic carbocycles. The first-order chi connectivity index (χ1) is 10.7. The Morgan fingerprint density at radius 2 is 1.91 bits per heavy atom. The van der Waals surface area contributed by atoms with Gasteiger partial charge in [0.1, 0.15) is 0 Å². The van der Waals surface area contributed by atoms with Gasteiger partial charge >= 0.3 is 0 Å². The van der Waals surface area contributed by atoms with Crippen LogP contribution in [0.5, 0.6) is 0 Å². The Balaban J connectivity index is 1.80. The third-order valence-electron chi connectivity index (χ3n) is 8.02. The molecule has 0 aromatic rings. The summed E-state index contributed by atoms with van der Waals surface area (Å²) in [5, 5.41) is 22.1. The number of carbonyl (C=O) groups is 1. The minimum Gasteiger partial charge on any atom is -0.392 e. The molecular formula is C20H28O3. The average molecular weight is 316 g/mol. The van der Waals surface area contributed by atoms with E-state index in [1.54, 1.807) is 6.08 Å². The van der Waals surface area contributed by atoms with E-state index < -0.39 is 11.7 Å². The summed E-state index contributed by atoms with van der Waals surface area (Å²) in [6.45, 7) is 6.51. The van der Waals surface area contributed by atoms with Gasteiger partial charge in [0, 0.05) is 10.8 Å². The number of allylic oxidation sites excluding steroid dienone is 4. The Morgan fingerprint density at radius 3 is 2.65 bits per heavy atom. The first-order valence-corrected chi connectivity index (χ1v) is 9.08. The van der Waals surface area contributed by atoms with Crippen LogP contribution in [0.4, 0.5) is 0 Å². The molecule has 0 saturated heterocycles. The van der Waals surface area contributed by atoms with Crippen LogP contribution in [0.25, 0.3) is 0 Å². The molecule has 3 saturated carbocycles. The van der Waals surface area contributed by atoms with Crippen LogP contribution < -0.4 is 0 Å². The maximum Gasteiger partial charge on any atom is 0.178 e. The number of hydrogen-bond acceptors (Lipinski definition) is 3. The van der Waals surface area contributed by atoms with Gasteiger partial charge in [-0.25, -0.2) is 0 Å². The smallest absolute Gasteiger partial charge is 0.178 e. The van der Waals surface area contributed by atoms with Gasteiger partial charge in [0.05, 0.1) is 11.7 Å². The number of fused-ring (bicyclic) bond motifs is 5. The summed E-state index contributed by atoms with van der Waals surface area (Å²) in [4.78, 5) is 11.9. The quantitative estimate of drug-likeness (QED) is 0.722. The Kier molecular flexibility index (Phi) is 3.10. The standard InChI is InChI=1S/C20H28O3/c1-12-10-16-14(18(2)7-4-13(21)11-15(12)18)5-8-19(3)17(22)6-9-20(16,19)23/h4,7,11-12,14,16-17,22-23H,5-6,8-10H2,1-3H3/t12-,14+,16-,17?,18-,19-,20-/m1/s1. The van der Waals surface area contributed by atoms with Crippen LogP contribution in [0.2, 0.25) is 0 Å². The van der Waals surface area contributed by atoms with Crippen LogP contribution >= 0.6 is 0 Å². The highest BCUT2D eigenvalue weighted by molar-refractivity contribution is 6.01. The summed E-state index contributed by atoms with van der Waals surface area (Å²) in [6.07, 6.45) is 9.46. The van der Waals surface area contributed by atoms with E-state index in [-0.39, 0.29) is 22.5 Å². The molecule has 0 heterocycles. The molecule has 7 atom stereocenters. The van der Waals surface area contributed by atoms with Crippen molar-refractivity contribution in [3.05, 3.63) is 23.8 Å². The molecule has 0 aliphatic heterocycles. The average Bonchev–Trinajstić information content (AvgIpc) is 2.74. The highest BCUT2D eigenvalue weighted by Crippen LogP contribution is 2.66. The van der Waals surface area contributed by atoms with Crippen LogP contribution in [0, 0.1) is 28.6 Å². The summed E-state index contributed by atoms with van der Waals surface area (Å²) in [5.41, 5.74) is -0.0227. The molecule has 0 bridgehead atoms. The molecule has 3 nitrogen and oxygen atoms in total. The van der Waals surface area contributed by atoms with E-state index in [0.29, 0.717) is 24.7 Å². The molecule has 3 heteroatoms. The number of aliphatic hydroxyl groups excluding tert-OH is 1. The number of hydrogen-bond donors (Lipinski definition) is 2. The van der Waals surface area contributed by atoms with E-state index in [1.165, 1.54) is 5.57 Å². The fourth-order valence-electron chi connectivity index (χ4n) is 6.53. The molecule has 4 aliphatic rings. The van der Waals surface area contributed by atoms with Gasteiger partial charge in [-0.2, -0.15) is 0 Å². The van der Waals surface area contributed by atoms with Gasteiger partial charge in [0.25, 0.3) is 0 Å². The lowest BCUT2D eigenvalue weighted by atomic mass is 9.45. The number of carbonyl (C=O) groups excluding carboxylic acids is 1. The molecule has 3 fully saturated rings. The fraction of sp³-hybridized carbons (Fsp3) is 0.750. The zero-order chi connectivity index (χ0) is 16.6. The molecule has 0 amide bonds. The maximum atomic E-state index is 11.9. The molecular weight excluding hydrogens is 288 g/mol. The van der Waals surface area contributed by atoms with Crippen LogP contribution in [-0.4, -0.2) is 27.7 Å². The predicted molar refractivity (Wildman–Crippen MR) is 88.6 cm³/mol. The molecule has 4 aliphatic carbocycles. The molecule has 2 N–H and O–H groups in total. The van der Waals surface area contributed by atoms with Crippen LogP contribution in [0.1, 0.15) is 52.9 Å². The Labute approximate surface area is 138 Å². The van der Waals surface area contributed by atoms with Crippen molar-refractivity contribution >= 4 is 5.78 Å². The van der Waals surface area contributed by atoms with Gasteiger partial charge in [0.2, 0.25) is 0 Å². The zero-order valence-corrected chi connectivity index (χ0v) is 14.4. The predicted octanol–water partition coefficient (Wildman–Crippen LogP) is 3.02. The van der Waals surface area contributed by atoms with Crippen molar-refractivity contribution in [3.8, 4) is 0 Å². The van der Waals surface area contributed by atoms with Gasteiger partial charge in [0.15, 0.2) is 5.78 Å². The fourth-order valence-corrected chi connectivity index (χ4v) is 6.53. The van der Waals surface area contributed by atoms with Crippen molar-refractivity contribution in [2.24, 2.45) is 28.6 Å². The number of ketones is 1. The second-order valence-electron chi connectivity index (χ2n) is 8.90. The summed E-state index contributed by atoms with van der Waals surface area (Å²) in [7, 11) is 0. The largest absolute Gasteiger partial charge is 0.392 e. The third kappa shape index (κ3) is 1.76. The highest BCUT2D eigenvalue weighted by atomic mass is 16.3. The summed E-state index contributed by atoms with van der Waals surface area (Å²) >= 11 is 0. The summed E-state index contributed by atoms with van der Waals surface area (Å²) in [6, 6.07) is 0. The van der Waals surface area contributed by atoms with Crippen LogP contribution in [0.3, 0.4) is 0 Å². The molecule has 0 aromatic heterocycles. The molecule has 0 radical (unpaired) electrons.